The molecule has 1 rings (SSSR count). The smallest absolute Gasteiger partial charge is 0.267 e. The molecule has 0 fully saturated rings. The maximum atomic E-state index is 10.9. The lowest BCUT2D eigenvalue weighted by Gasteiger charge is -2.16. The van der Waals surface area contributed by atoms with Crippen LogP contribution in [-0.4, -0.2) is 38.1 Å². The van der Waals surface area contributed by atoms with Crippen LogP contribution in [0.4, 0.5) is 0 Å². The third kappa shape index (κ3) is 4.10. The van der Waals surface area contributed by atoms with Crippen LogP contribution in [0.1, 0.15) is 29.2 Å². The van der Waals surface area contributed by atoms with E-state index >= 15 is 0 Å². The molecule has 2 unspecified atom stereocenters. The van der Waals surface area contributed by atoms with Gasteiger partial charge >= 0.3 is 0 Å². The van der Waals surface area contributed by atoms with Crippen LogP contribution >= 0.6 is 11.8 Å². The number of carbonyl (C=O) groups is 2. The minimum Gasteiger partial charge on any atom is -0.389 e. The zero-order valence-electron chi connectivity index (χ0n) is 9.74. The van der Waals surface area contributed by atoms with Crippen molar-refractivity contribution in [2.24, 2.45) is 5.73 Å². The van der Waals surface area contributed by atoms with E-state index in [1.165, 1.54) is 25.1 Å². The second kappa shape index (κ2) is 6.48. The lowest BCUT2D eigenvalue weighted by Crippen LogP contribution is -2.23. The number of rotatable bonds is 5. The third-order valence-corrected chi connectivity index (χ3v) is 3.06. The first-order valence-electron chi connectivity index (χ1n) is 5.18. The van der Waals surface area contributed by atoms with Crippen LogP contribution in [0.2, 0.25) is 0 Å². The highest BCUT2D eigenvalue weighted by molar-refractivity contribution is 8.13. The number of aliphatic hydroxyl groups is 2. The van der Waals surface area contributed by atoms with E-state index in [1.807, 2.05) is 0 Å². The Labute approximate surface area is 108 Å². The number of amides is 1. The van der Waals surface area contributed by atoms with E-state index < -0.39 is 18.1 Å². The molecule has 0 saturated carbocycles. The van der Waals surface area contributed by atoms with Crippen molar-refractivity contribution in [2.75, 3.05) is 5.75 Å². The molecule has 1 aromatic heterocycles. The molecular formula is C11H14N2O4S. The van der Waals surface area contributed by atoms with Crippen LogP contribution in [0.3, 0.4) is 0 Å². The van der Waals surface area contributed by atoms with Crippen molar-refractivity contribution >= 4 is 22.8 Å². The number of aliphatic hydroxyl groups excluding tert-OH is 2. The minimum atomic E-state index is -1.27. The highest BCUT2D eigenvalue weighted by Gasteiger charge is 2.21. The van der Waals surface area contributed by atoms with E-state index in [9.17, 15) is 19.8 Å². The van der Waals surface area contributed by atoms with E-state index in [1.54, 1.807) is 0 Å². The van der Waals surface area contributed by atoms with Gasteiger partial charge < -0.3 is 15.9 Å². The Balaban J connectivity index is 2.76. The normalized spacial score (nSPS) is 13.9. The number of aromatic nitrogens is 1. The molecule has 18 heavy (non-hydrogen) atoms. The molecule has 2 atom stereocenters. The van der Waals surface area contributed by atoms with E-state index in [0.717, 1.165) is 11.8 Å². The first kappa shape index (κ1) is 14.6. The summed E-state index contributed by atoms with van der Waals surface area (Å²) in [4.78, 5) is 25.5. The summed E-state index contributed by atoms with van der Waals surface area (Å²) in [6, 6.07) is 4.39. The fraction of sp³-hybridized carbons (Fsp3) is 0.364. The Morgan fingerprint density at radius 3 is 2.67 bits per heavy atom. The quantitative estimate of drug-likeness (QED) is 0.686. The van der Waals surface area contributed by atoms with Gasteiger partial charge in [-0.25, -0.2) is 4.98 Å². The van der Waals surface area contributed by atoms with Gasteiger partial charge in [-0.2, -0.15) is 0 Å². The van der Waals surface area contributed by atoms with Gasteiger partial charge in [-0.15, -0.1) is 0 Å². The summed E-state index contributed by atoms with van der Waals surface area (Å²) in [6.07, 6.45) is -2.41. The Hall–Kier alpha value is -1.44. The van der Waals surface area contributed by atoms with Gasteiger partial charge in [0.15, 0.2) is 5.12 Å². The number of primary amides is 1. The summed E-state index contributed by atoms with van der Waals surface area (Å²) >= 11 is 0.905. The number of nitrogens with zero attached hydrogens (tertiary/aromatic N) is 1. The maximum Gasteiger partial charge on any atom is 0.267 e. The number of nitrogens with two attached hydrogens (primary N) is 1. The zero-order chi connectivity index (χ0) is 13.7. The van der Waals surface area contributed by atoms with E-state index in [-0.39, 0.29) is 22.3 Å². The molecule has 1 heterocycles. The molecule has 0 aliphatic heterocycles. The van der Waals surface area contributed by atoms with Gasteiger partial charge in [-0.3, -0.25) is 9.59 Å². The van der Waals surface area contributed by atoms with Crippen LogP contribution in [-0.2, 0) is 4.79 Å². The van der Waals surface area contributed by atoms with E-state index in [2.05, 4.69) is 4.98 Å². The number of thioether (sulfide) groups is 1. The predicted molar refractivity (Wildman–Crippen MR) is 66.9 cm³/mol. The number of hydrogen-bond donors (Lipinski definition) is 3. The second-order valence-electron chi connectivity index (χ2n) is 3.63. The summed E-state index contributed by atoms with van der Waals surface area (Å²) < 4.78 is 0. The van der Waals surface area contributed by atoms with Gasteiger partial charge in [0.2, 0.25) is 0 Å². The topological polar surface area (TPSA) is 114 Å². The van der Waals surface area contributed by atoms with Gasteiger partial charge in [0.1, 0.15) is 11.8 Å². The number of pyridine rings is 1. The molecule has 0 radical (unpaired) electrons. The molecule has 4 N–H and O–H groups in total. The third-order valence-electron chi connectivity index (χ3n) is 2.15. The van der Waals surface area contributed by atoms with Crippen molar-refractivity contribution in [1.82, 2.24) is 4.98 Å². The summed E-state index contributed by atoms with van der Waals surface area (Å²) in [6.45, 7) is 1.37. The van der Waals surface area contributed by atoms with Gasteiger partial charge in [0, 0.05) is 12.7 Å². The molecule has 98 valence electrons. The molecule has 0 aliphatic rings. The molecule has 0 spiro atoms. The SMILES string of the molecule is CC(=O)SCC(O)C(O)c1cccc(C(N)=O)n1. The fourth-order valence-electron chi connectivity index (χ4n) is 1.24. The molecule has 1 amide bonds. The van der Waals surface area contributed by atoms with Crippen LogP contribution in [0.5, 0.6) is 0 Å². The van der Waals surface area contributed by atoms with Crippen molar-refractivity contribution in [3.05, 3.63) is 29.6 Å². The monoisotopic (exact) mass is 270 g/mol. The predicted octanol–water partition coefficient (Wildman–Crippen LogP) is -0.146. The first-order valence-corrected chi connectivity index (χ1v) is 6.16. The number of hydrogen-bond acceptors (Lipinski definition) is 6. The van der Waals surface area contributed by atoms with Gasteiger partial charge in [0.25, 0.3) is 5.91 Å². The zero-order valence-corrected chi connectivity index (χ0v) is 10.6. The first-order chi connectivity index (χ1) is 8.41. The van der Waals surface area contributed by atoms with Crippen LogP contribution < -0.4 is 5.73 Å². The second-order valence-corrected chi connectivity index (χ2v) is 4.82. The summed E-state index contributed by atoms with van der Waals surface area (Å²) in [7, 11) is 0. The fourth-order valence-corrected chi connectivity index (χ4v) is 1.83. The molecular weight excluding hydrogens is 256 g/mol. The van der Waals surface area contributed by atoms with E-state index in [4.69, 9.17) is 5.73 Å². The summed E-state index contributed by atoms with van der Waals surface area (Å²) in [5.74, 6) is -0.657. The van der Waals surface area contributed by atoms with E-state index in [0.29, 0.717) is 0 Å². The molecule has 0 aliphatic carbocycles. The molecule has 6 nitrogen and oxygen atoms in total. The Kier molecular flexibility index (Phi) is 5.26. The van der Waals surface area contributed by atoms with Crippen molar-refractivity contribution in [3.8, 4) is 0 Å². The van der Waals surface area contributed by atoms with Gasteiger partial charge in [0.05, 0.1) is 11.8 Å². The van der Waals surface area contributed by atoms with Gasteiger partial charge in [-0.05, 0) is 12.1 Å². The minimum absolute atomic E-state index is 0.0120. The van der Waals surface area contributed by atoms with Gasteiger partial charge in [-0.1, -0.05) is 17.8 Å². The highest BCUT2D eigenvalue weighted by atomic mass is 32.2. The standard InChI is InChI=1S/C11H14N2O4S/c1-6(14)18-5-9(15)10(16)7-3-2-4-8(13-7)11(12)17/h2-4,9-10,15-16H,5H2,1H3,(H2,12,17). The largest absolute Gasteiger partial charge is 0.389 e. The van der Waals surface area contributed by atoms with Crippen molar-refractivity contribution < 1.29 is 19.8 Å². The highest BCUT2D eigenvalue weighted by Crippen LogP contribution is 2.18. The lowest BCUT2D eigenvalue weighted by atomic mass is 10.1. The molecule has 0 aromatic carbocycles. The summed E-state index contributed by atoms with van der Waals surface area (Å²) in [5.41, 5.74) is 5.22. The Morgan fingerprint density at radius 1 is 1.44 bits per heavy atom. The van der Waals surface area contributed by atoms with Crippen molar-refractivity contribution in [1.29, 1.82) is 0 Å². The molecule has 1 aromatic rings. The van der Waals surface area contributed by atoms with Crippen LogP contribution in [0.25, 0.3) is 0 Å². The van der Waals surface area contributed by atoms with Crippen molar-refractivity contribution in [2.45, 2.75) is 19.1 Å². The Morgan fingerprint density at radius 2 is 2.11 bits per heavy atom. The molecule has 0 saturated heterocycles. The molecule has 7 heteroatoms. The van der Waals surface area contributed by atoms with Crippen LogP contribution in [0, 0.1) is 0 Å². The lowest BCUT2D eigenvalue weighted by molar-refractivity contribution is -0.109. The van der Waals surface area contributed by atoms with Crippen LogP contribution in [0.15, 0.2) is 18.2 Å². The average Bonchev–Trinajstić information content (AvgIpc) is 2.35. The maximum absolute atomic E-state index is 10.9. The van der Waals surface area contributed by atoms with Crippen molar-refractivity contribution in [3.63, 3.8) is 0 Å². The summed E-state index contributed by atoms with van der Waals surface area (Å²) in [5, 5.41) is 19.3. The Bertz CT molecular complexity index is 452. The number of carbonyl (C=O) groups excluding carboxylic acids is 2. The average molecular weight is 270 g/mol. The molecule has 0 bridgehead atoms.